The van der Waals surface area contributed by atoms with Gasteiger partial charge in [0.15, 0.2) is 0 Å². The lowest BCUT2D eigenvalue weighted by atomic mass is 9.88. The van der Waals surface area contributed by atoms with Gasteiger partial charge in [0.2, 0.25) is 11.8 Å². The van der Waals surface area contributed by atoms with Crippen molar-refractivity contribution >= 4 is 11.8 Å². The fourth-order valence-corrected chi connectivity index (χ4v) is 2.20. The first-order valence-corrected chi connectivity index (χ1v) is 7.51. The second-order valence-corrected chi connectivity index (χ2v) is 6.09. The highest BCUT2D eigenvalue weighted by molar-refractivity contribution is 5.84. The SMILES string of the molecule is CC(C)NC(=O)CN(C)C(=O)CCC(CCN)C(C)C. The number of carbonyl (C=O) groups is 2. The number of nitrogens with two attached hydrogens (primary N) is 1. The zero-order valence-electron chi connectivity index (χ0n) is 13.6. The van der Waals surface area contributed by atoms with Crippen molar-refractivity contribution in [3.05, 3.63) is 0 Å². The van der Waals surface area contributed by atoms with Gasteiger partial charge in [0, 0.05) is 19.5 Å². The molecular formula is C15H31N3O2. The highest BCUT2D eigenvalue weighted by Crippen LogP contribution is 2.20. The van der Waals surface area contributed by atoms with Gasteiger partial charge < -0.3 is 16.0 Å². The van der Waals surface area contributed by atoms with Crippen molar-refractivity contribution in [1.82, 2.24) is 10.2 Å². The molecule has 0 saturated carbocycles. The molecular weight excluding hydrogens is 254 g/mol. The van der Waals surface area contributed by atoms with E-state index in [2.05, 4.69) is 19.2 Å². The zero-order chi connectivity index (χ0) is 15.7. The van der Waals surface area contributed by atoms with Gasteiger partial charge in [-0.1, -0.05) is 13.8 Å². The first-order chi connectivity index (χ1) is 9.27. The van der Waals surface area contributed by atoms with E-state index in [-0.39, 0.29) is 24.4 Å². The normalized spacial score (nSPS) is 12.6. The van der Waals surface area contributed by atoms with Crippen LogP contribution < -0.4 is 11.1 Å². The Bertz CT molecular complexity index is 303. The van der Waals surface area contributed by atoms with Crippen LogP contribution >= 0.6 is 0 Å². The third-order valence-electron chi connectivity index (χ3n) is 3.47. The number of rotatable bonds is 9. The minimum atomic E-state index is -0.113. The highest BCUT2D eigenvalue weighted by atomic mass is 16.2. The summed E-state index contributed by atoms with van der Waals surface area (Å²) >= 11 is 0. The van der Waals surface area contributed by atoms with E-state index in [4.69, 9.17) is 5.73 Å². The smallest absolute Gasteiger partial charge is 0.239 e. The summed E-state index contributed by atoms with van der Waals surface area (Å²) in [7, 11) is 1.68. The minimum absolute atomic E-state index is 0.0200. The average molecular weight is 285 g/mol. The van der Waals surface area contributed by atoms with E-state index in [0.29, 0.717) is 24.8 Å². The fraction of sp³-hybridized carbons (Fsp3) is 0.867. The molecule has 0 aromatic carbocycles. The highest BCUT2D eigenvalue weighted by Gasteiger charge is 2.17. The van der Waals surface area contributed by atoms with Crippen molar-refractivity contribution in [3.8, 4) is 0 Å². The van der Waals surface area contributed by atoms with Crippen LogP contribution in [-0.4, -0.2) is 42.9 Å². The first-order valence-electron chi connectivity index (χ1n) is 7.51. The van der Waals surface area contributed by atoms with E-state index in [1.807, 2.05) is 13.8 Å². The molecule has 0 aliphatic heterocycles. The lowest BCUT2D eigenvalue weighted by Crippen LogP contribution is -2.40. The molecule has 5 nitrogen and oxygen atoms in total. The molecule has 0 spiro atoms. The lowest BCUT2D eigenvalue weighted by molar-refractivity contribution is -0.135. The molecule has 1 unspecified atom stereocenters. The van der Waals surface area contributed by atoms with E-state index in [1.54, 1.807) is 7.05 Å². The van der Waals surface area contributed by atoms with Crippen molar-refractivity contribution in [3.63, 3.8) is 0 Å². The summed E-state index contributed by atoms with van der Waals surface area (Å²) in [5, 5.41) is 2.78. The standard InChI is InChI=1S/C15H31N3O2/c1-11(2)13(8-9-16)6-7-15(20)18(5)10-14(19)17-12(3)4/h11-13H,6-10,16H2,1-5H3,(H,17,19). The molecule has 0 aliphatic carbocycles. The van der Waals surface area contributed by atoms with Crippen LogP contribution in [0.5, 0.6) is 0 Å². The van der Waals surface area contributed by atoms with Crippen molar-refractivity contribution < 1.29 is 9.59 Å². The van der Waals surface area contributed by atoms with Crippen LogP contribution in [0.2, 0.25) is 0 Å². The van der Waals surface area contributed by atoms with Crippen LogP contribution in [-0.2, 0) is 9.59 Å². The number of amides is 2. The first kappa shape index (κ1) is 18.9. The molecule has 0 aromatic rings. The Hall–Kier alpha value is -1.10. The Morgan fingerprint density at radius 3 is 2.20 bits per heavy atom. The van der Waals surface area contributed by atoms with Gasteiger partial charge in [-0.3, -0.25) is 9.59 Å². The molecule has 0 radical (unpaired) electrons. The van der Waals surface area contributed by atoms with Crippen LogP contribution in [0.25, 0.3) is 0 Å². The Morgan fingerprint density at radius 1 is 1.15 bits per heavy atom. The van der Waals surface area contributed by atoms with Gasteiger partial charge in [-0.25, -0.2) is 0 Å². The van der Waals surface area contributed by atoms with Crippen molar-refractivity contribution in [2.75, 3.05) is 20.1 Å². The zero-order valence-corrected chi connectivity index (χ0v) is 13.6. The summed E-state index contributed by atoms with van der Waals surface area (Å²) in [6, 6.07) is 0.0980. The van der Waals surface area contributed by atoms with Crippen LogP contribution in [0.1, 0.15) is 47.0 Å². The van der Waals surface area contributed by atoms with Gasteiger partial charge in [0.25, 0.3) is 0 Å². The molecule has 0 saturated heterocycles. The Balaban J connectivity index is 4.15. The van der Waals surface area contributed by atoms with E-state index >= 15 is 0 Å². The predicted octanol–water partition coefficient (Wildman–Crippen LogP) is 1.37. The Morgan fingerprint density at radius 2 is 1.75 bits per heavy atom. The number of carbonyl (C=O) groups excluding carboxylic acids is 2. The summed E-state index contributed by atoms with van der Waals surface area (Å²) in [4.78, 5) is 25.1. The van der Waals surface area contributed by atoms with Gasteiger partial charge in [0.05, 0.1) is 6.54 Å². The predicted molar refractivity (Wildman–Crippen MR) is 82.1 cm³/mol. The Kier molecular flexibility index (Phi) is 9.21. The summed E-state index contributed by atoms with van der Waals surface area (Å²) in [6.45, 7) is 8.90. The summed E-state index contributed by atoms with van der Waals surface area (Å²) in [5.41, 5.74) is 5.60. The molecule has 0 heterocycles. The fourth-order valence-electron chi connectivity index (χ4n) is 2.20. The molecule has 1 atom stereocenters. The maximum absolute atomic E-state index is 12.0. The third-order valence-corrected chi connectivity index (χ3v) is 3.47. The molecule has 2 amide bonds. The van der Waals surface area contributed by atoms with Crippen molar-refractivity contribution in [2.45, 2.75) is 53.0 Å². The number of hydrogen-bond donors (Lipinski definition) is 2. The van der Waals surface area contributed by atoms with Gasteiger partial charge in [0.1, 0.15) is 0 Å². The third kappa shape index (κ3) is 8.15. The molecule has 0 rings (SSSR count). The quantitative estimate of drug-likeness (QED) is 0.672. The molecule has 118 valence electrons. The number of hydrogen-bond acceptors (Lipinski definition) is 3. The Labute approximate surface area is 123 Å². The average Bonchev–Trinajstić information content (AvgIpc) is 2.32. The van der Waals surface area contributed by atoms with Crippen molar-refractivity contribution in [2.24, 2.45) is 17.6 Å². The molecule has 0 fully saturated rings. The monoisotopic (exact) mass is 285 g/mol. The maximum atomic E-state index is 12.0. The minimum Gasteiger partial charge on any atom is -0.352 e. The van der Waals surface area contributed by atoms with Crippen LogP contribution in [0.4, 0.5) is 0 Å². The van der Waals surface area contributed by atoms with E-state index in [0.717, 1.165) is 12.8 Å². The largest absolute Gasteiger partial charge is 0.352 e. The molecule has 0 bridgehead atoms. The lowest BCUT2D eigenvalue weighted by Gasteiger charge is -2.22. The molecule has 0 aromatic heterocycles. The maximum Gasteiger partial charge on any atom is 0.239 e. The summed E-state index contributed by atoms with van der Waals surface area (Å²) < 4.78 is 0. The topological polar surface area (TPSA) is 75.4 Å². The number of nitrogens with zero attached hydrogens (tertiary/aromatic N) is 1. The van der Waals surface area contributed by atoms with E-state index < -0.39 is 0 Å². The number of nitrogens with one attached hydrogen (secondary N) is 1. The van der Waals surface area contributed by atoms with Crippen LogP contribution in [0, 0.1) is 11.8 Å². The second kappa shape index (κ2) is 9.75. The molecule has 20 heavy (non-hydrogen) atoms. The molecule has 0 aliphatic rings. The van der Waals surface area contributed by atoms with Gasteiger partial charge >= 0.3 is 0 Å². The van der Waals surface area contributed by atoms with Crippen LogP contribution in [0.3, 0.4) is 0 Å². The van der Waals surface area contributed by atoms with Gasteiger partial charge in [-0.2, -0.15) is 0 Å². The van der Waals surface area contributed by atoms with E-state index in [9.17, 15) is 9.59 Å². The summed E-state index contributed by atoms with van der Waals surface area (Å²) in [5.74, 6) is 0.910. The van der Waals surface area contributed by atoms with Crippen LogP contribution in [0.15, 0.2) is 0 Å². The number of likely N-dealkylation sites (N-methyl/N-ethyl adjacent to an activating group) is 1. The molecule has 5 heteroatoms. The molecule has 3 N–H and O–H groups in total. The second-order valence-electron chi connectivity index (χ2n) is 6.09. The van der Waals surface area contributed by atoms with Gasteiger partial charge in [-0.15, -0.1) is 0 Å². The van der Waals surface area contributed by atoms with Gasteiger partial charge in [-0.05, 0) is 45.1 Å². The van der Waals surface area contributed by atoms with E-state index in [1.165, 1.54) is 4.90 Å². The van der Waals surface area contributed by atoms with Crippen molar-refractivity contribution in [1.29, 1.82) is 0 Å². The summed E-state index contributed by atoms with van der Waals surface area (Å²) in [6.07, 6.45) is 2.26.